The molecule has 3 unspecified atom stereocenters. The van der Waals surface area contributed by atoms with E-state index in [1.807, 2.05) is 0 Å². The number of nitrogens with zero attached hydrogens (tertiary/aromatic N) is 1. The van der Waals surface area contributed by atoms with Crippen LogP contribution in [0.3, 0.4) is 0 Å². The third kappa shape index (κ3) is 1.83. The maximum atomic E-state index is 6.16. The van der Waals surface area contributed by atoms with Crippen LogP contribution in [0.25, 0.3) is 0 Å². The molecule has 1 aliphatic carbocycles. The second-order valence-corrected chi connectivity index (χ2v) is 6.15. The van der Waals surface area contributed by atoms with Crippen LogP contribution in [0.15, 0.2) is 0 Å². The van der Waals surface area contributed by atoms with Gasteiger partial charge in [-0.2, -0.15) is 5.06 Å². The first-order valence-corrected chi connectivity index (χ1v) is 6.41. The number of fused-ring (bicyclic) bond motifs is 1. The molecule has 1 saturated carbocycles. The van der Waals surface area contributed by atoms with Gasteiger partial charge in [0.05, 0.1) is 5.60 Å². The van der Waals surface area contributed by atoms with Gasteiger partial charge in [0.15, 0.2) is 0 Å². The van der Waals surface area contributed by atoms with E-state index in [9.17, 15) is 0 Å². The molecule has 2 heteroatoms. The zero-order valence-corrected chi connectivity index (χ0v) is 10.8. The molecule has 2 nitrogen and oxygen atoms in total. The van der Waals surface area contributed by atoms with E-state index in [2.05, 4.69) is 39.7 Å². The first-order chi connectivity index (χ1) is 6.93. The second-order valence-electron chi connectivity index (χ2n) is 6.15. The Hall–Kier alpha value is -0.0800. The van der Waals surface area contributed by atoms with E-state index in [0.29, 0.717) is 12.1 Å². The molecule has 0 spiro atoms. The topological polar surface area (TPSA) is 12.5 Å². The second kappa shape index (κ2) is 3.74. The fourth-order valence-corrected chi connectivity index (χ4v) is 3.43. The van der Waals surface area contributed by atoms with Gasteiger partial charge in [0.25, 0.3) is 0 Å². The van der Waals surface area contributed by atoms with Crippen molar-refractivity contribution in [2.24, 2.45) is 11.8 Å². The maximum absolute atomic E-state index is 6.16. The highest BCUT2D eigenvalue weighted by atomic mass is 16.7. The van der Waals surface area contributed by atoms with Crippen molar-refractivity contribution in [3.8, 4) is 0 Å². The number of rotatable bonds is 1. The standard InChI is InChI=1S/C13H25NO/c1-9(2)14-12-10(3)7-6-8-11(12)13(4,5)15-14/h9-12H,6-8H2,1-5H3. The third-order valence-corrected chi connectivity index (χ3v) is 4.21. The maximum Gasteiger partial charge on any atom is 0.0887 e. The van der Waals surface area contributed by atoms with Crippen LogP contribution in [-0.2, 0) is 4.84 Å². The molecule has 2 rings (SSSR count). The van der Waals surface area contributed by atoms with Crippen LogP contribution in [0, 0.1) is 11.8 Å². The van der Waals surface area contributed by atoms with E-state index in [1.54, 1.807) is 0 Å². The SMILES string of the molecule is CC1CCCC2C1N(C(C)C)OC2(C)C. The lowest BCUT2D eigenvalue weighted by Gasteiger charge is -2.37. The van der Waals surface area contributed by atoms with Crippen LogP contribution < -0.4 is 0 Å². The number of hydrogen-bond acceptors (Lipinski definition) is 2. The van der Waals surface area contributed by atoms with E-state index in [1.165, 1.54) is 19.3 Å². The summed E-state index contributed by atoms with van der Waals surface area (Å²) in [7, 11) is 0. The summed E-state index contributed by atoms with van der Waals surface area (Å²) in [6.45, 7) is 11.4. The van der Waals surface area contributed by atoms with Gasteiger partial charge in [-0.15, -0.1) is 0 Å². The van der Waals surface area contributed by atoms with Crippen molar-refractivity contribution in [3.05, 3.63) is 0 Å². The predicted octanol–water partition coefficient (Wildman–Crippen LogP) is 3.23. The molecule has 1 aliphatic heterocycles. The van der Waals surface area contributed by atoms with Crippen LogP contribution >= 0.6 is 0 Å². The molecule has 0 amide bonds. The summed E-state index contributed by atoms with van der Waals surface area (Å²) >= 11 is 0. The van der Waals surface area contributed by atoms with Crippen molar-refractivity contribution in [2.75, 3.05) is 0 Å². The van der Waals surface area contributed by atoms with E-state index in [0.717, 1.165) is 11.8 Å². The zero-order valence-electron chi connectivity index (χ0n) is 10.8. The minimum atomic E-state index is 0.0453. The summed E-state index contributed by atoms with van der Waals surface area (Å²) in [6.07, 6.45) is 4.08. The molecule has 0 aromatic carbocycles. The molecular weight excluding hydrogens is 186 g/mol. The molecule has 15 heavy (non-hydrogen) atoms. The summed E-state index contributed by atoms with van der Waals surface area (Å²) in [6, 6.07) is 1.15. The normalized spacial score (nSPS) is 40.8. The highest BCUT2D eigenvalue weighted by molar-refractivity contribution is 4.98. The smallest absolute Gasteiger partial charge is 0.0887 e. The lowest BCUT2D eigenvalue weighted by Crippen LogP contribution is -2.43. The van der Waals surface area contributed by atoms with Crippen molar-refractivity contribution in [3.63, 3.8) is 0 Å². The van der Waals surface area contributed by atoms with E-state index < -0.39 is 0 Å². The lowest BCUT2D eigenvalue weighted by molar-refractivity contribution is -0.215. The fourth-order valence-electron chi connectivity index (χ4n) is 3.43. The van der Waals surface area contributed by atoms with Crippen molar-refractivity contribution >= 4 is 0 Å². The Kier molecular flexibility index (Phi) is 2.85. The minimum absolute atomic E-state index is 0.0453. The van der Waals surface area contributed by atoms with Crippen molar-refractivity contribution < 1.29 is 4.84 Å². The Morgan fingerprint density at radius 3 is 2.53 bits per heavy atom. The van der Waals surface area contributed by atoms with Crippen molar-refractivity contribution in [2.45, 2.75) is 71.6 Å². The highest BCUT2D eigenvalue weighted by Gasteiger charge is 2.52. The van der Waals surface area contributed by atoms with Gasteiger partial charge < -0.3 is 0 Å². The third-order valence-electron chi connectivity index (χ3n) is 4.21. The highest BCUT2D eigenvalue weighted by Crippen LogP contribution is 2.47. The first-order valence-electron chi connectivity index (χ1n) is 6.41. The van der Waals surface area contributed by atoms with Crippen molar-refractivity contribution in [1.82, 2.24) is 5.06 Å². The first kappa shape index (κ1) is 11.4. The minimum Gasteiger partial charge on any atom is -0.292 e. The average Bonchev–Trinajstić information content (AvgIpc) is 2.40. The Balaban J connectivity index is 2.24. The quantitative estimate of drug-likeness (QED) is 0.660. The van der Waals surface area contributed by atoms with Crippen LogP contribution in [0.2, 0.25) is 0 Å². The van der Waals surface area contributed by atoms with Gasteiger partial charge in [0.1, 0.15) is 0 Å². The number of hydroxylamine groups is 2. The number of hydrogen-bond donors (Lipinski definition) is 0. The van der Waals surface area contributed by atoms with Crippen molar-refractivity contribution in [1.29, 1.82) is 0 Å². The van der Waals surface area contributed by atoms with Gasteiger partial charge in [0, 0.05) is 18.0 Å². The predicted molar refractivity (Wildman–Crippen MR) is 62.4 cm³/mol. The average molecular weight is 211 g/mol. The summed E-state index contributed by atoms with van der Waals surface area (Å²) < 4.78 is 0. The van der Waals surface area contributed by atoms with Crippen LogP contribution in [0.1, 0.15) is 53.9 Å². The lowest BCUT2D eigenvalue weighted by atomic mass is 9.71. The molecular formula is C13H25NO. The molecule has 3 atom stereocenters. The Morgan fingerprint density at radius 1 is 1.27 bits per heavy atom. The molecule has 0 aromatic rings. The monoisotopic (exact) mass is 211 g/mol. The van der Waals surface area contributed by atoms with Gasteiger partial charge in [-0.1, -0.05) is 13.3 Å². The van der Waals surface area contributed by atoms with Gasteiger partial charge in [-0.3, -0.25) is 4.84 Å². The Bertz CT molecular complexity index is 237. The van der Waals surface area contributed by atoms with Gasteiger partial charge in [-0.05, 0) is 46.5 Å². The summed E-state index contributed by atoms with van der Waals surface area (Å²) in [4.78, 5) is 6.16. The molecule has 2 aliphatic rings. The molecule has 1 heterocycles. The van der Waals surface area contributed by atoms with Crippen LogP contribution in [0.4, 0.5) is 0 Å². The largest absolute Gasteiger partial charge is 0.292 e. The summed E-state index contributed by atoms with van der Waals surface area (Å²) in [5.41, 5.74) is 0.0453. The van der Waals surface area contributed by atoms with E-state index in [-0.39, 0.29) is 5.60 Å². The van der Waals surface area contributed by atoms with Gasteiger partial charge >= 0.3 is 0 Å². The molecule has 88 valence electrons. The molecule has 2 fully saturated rings. The summed E-state index contributed by atoms with van der Waals surface area (Å²) in [5.74, 6) is 1.51. The molecule has 0 aromatic heterocycles. The zero-order chi connectivity index (χ0) is 11.2. The Morgan fingerprint density at radius 2 is 1.93 bits per heavy atom. The fraction of sp³-hybridized carbons (Fsp3) is 1.00. The van der Waals surface area contributed by atoms with Crippen LogP contribution in [-0.4, -0.2) is 22.7 Å². The Labute approximate surface area is 93.9 Å². The van der Waals surface area contributed by atoms with Gasteiger partial charge in [-0.25, -0.2) is 0 Å². The molecule has 1 saturated heterocycles. The van der Waals surface area contributed by atoms with Gasteiger partial charge in [0.2, 0.25) is 0 Å². The van der Waals surface area contributed by atoms with E-state index in [4.69, 9.17) is 4.84 Å². The molecule has 0 radical (unpaired) electrons. The van der Waals surface area contributed by atoms with E-state index >= 15 is 0 Å². The molecule has 0 bridgehead atoms. The molecule has 0 N–H and O–H groups in total. The van der Waals surface area contributed by atoms with Crippen LogP contribution in [0.5, 0.6) is 0 Å². The summed E-state index contributed by atoms with van der Waals surface area (Å²) in [5, 5.41) is 2.27.